The SMILES string of the molecule is CCOc1ccccc1-c1nc(CC(=O)OC(C)C(=O)Nc2cc(Cl)ccc2OC)cs1. The Morgan fingerprint density at radius 1 is 1.19 bits per heavy atom. The number of ether oxygens (including phenoxy) is 3. The normalized spacial score (nSPS) is 11.5. The molecule has 1 unspecified atom stereocenters. The molecule has 0 saturated carbocycles. The summed E-state index contributed by atoms with van der Waals surface area (Å²) in [4.78, 5) is 29.3. The minimum Gasteiger partial charge on any atom is -0.495 e. The topological polar surface area (TPSA) is 86.8 Å². The third-order valence-electron chi connectivity index (χ3n) is 4.39. The van der Waals surface area contributed by atoms with Crippen molar-refractivity contribution in [2.45, 2.75) is 26.4 Å². The van der Waals surface area contributed by atoms with Crippen molar-refractivity contribution in [2.24, 2.45) is 0 Å². The molecule has 0 aliphatic heterocycles. The molecule has 0 fully saturated rings. The van der Waals surface area contributed by atoms with Crippen molar-refractivity contribution < 1.29 is 23.8 Å². The van der Waals surface area contributed by atoms with Crippen LogP contribution in [-0.2, 0) is 20.7 Å². The number of rotatable bonds is 9. The molecule has 3 rings (SSSR count). The highest BCUT2D eigenvalue weighted by molar-refractivity contribution is 7.13. The number of hydrogen-bond acceptors (Lipinski definition) is 7. The van der Waals surface area contributed by atoms with Crippen LogP contribution in [0.1, 0.15) is 19.5 Å². The van der Waals surface area contributed by atoms with Gasteiger partial charge < -0.3 is 19.5 Å². The lowest BCUT2D eigenvalue weighted by Crippen LogP contribution is -2.30. The van der Waals surface area contributed by atoms with E-state index >= 15 is 0 Å². The van der Waals surface area contributed by atoms with Crippen molar-refractivity contribution in [3.8, 4) is 22.1 Å². The number of thiazole rings is 1. The predicted molar refractivity (Wildman–Crippen MR) is 125 cm³/mol. The summed E-state index contributed by atoms with van der Waals surface area (Å²) in [6.45, 7) is 3.96. The molecule has 1 amide bonds. The molecular formula is C23H23ClN2O5S. The van der Waals surface area contributed by atoms with Crippen LogP contribution in [0, 0.1) is 0 Å². The van der Waals surface area contributed by atoms with E-state index in [2.05, 4.69) is 10.3 Å². The number of nitrogens with one attached hydrogen (secondary N) is 1. The highest BCUT2D eigenvalue weighted by Crippen LogP contribution is 2.32. The maximum atomic E-state index is 12.5. The maximum absolute atomic E-state index is 12.5. The van der Waals surface area contributed by atoms with Crippen LogP contribution in [-0.4, -0.2) is 36.7 Å². The number of esters is 1. The molecule has 0 saturated heterocycles. The minimum atomic E-state index is -1.01. The number of carbonyl (C=O) groups is 2. The van der Waals surface area contributed by atoms with Crippen LogP contribution >= 0.6 is 22.9 Å². The van der Waals surface area contributed by atoms with Crippen molar-refractivity contribution in [1.82, 2.24) is 4.98 Å². The first-order valence-corrected chi connectivity index (χ1v) is 11.2. The smallest absolute Gasteiger partial charge is 0.312 e. The average Bonchev–Trinajstić information content (AvgIpc) is 3.22. The summed E-state index contributed by atoms with van der Waals surface area (Å²) >= 11 is 7.39. The van der Waals surface area contributed by atoms with E-state index in [9.17, 15) is 9.59 Å². The summed E-state index contributed by atoms with van der Waals surface area (Å²) in [6.07, 6.45) is -1.06. The number of anilines is 1. The van der Waals surface area contributed by atoms with Gasteiger partial charge in [-0.05, 0) is 44.2 Å². The van der Waals surface area contributed by atoms with E-state index in [1.165, 1.54) is 25.4 Å². The third-order valence-corrected chi connectivity index (χ3v) is 5.55. The van der Waals surface area contributed by atoms with Gasteiger partial charge in [-0.15, -0.1) is 11.3 Å². The van der Waals surface area contributed by atoms with Crippen LogP contribution in [0.25, 0.3) is 10.6 Å². The molecule has 0 aliphatic carbocycles. The minimum absolute atomic E-state index is 0.0502. The van der Waals surface area contributed by atoms with E-state index < -0.39 is 18.0 Å². The maximum Gasteiger partial charge on any atom is 0.312 e. The molecule has 0 bridgehead atoms. The first-order valence-electron chi connectivity index (χ1n) is 9.91. The Morgan fingerprint density at radius 3 is 2.72 bits per heavy atom. The van der Waals surface area contributed by atoms with E-state index in [1.807, 2.05) is 31.2 Å². The second kappa shape index (κ2) is 11.0. The molecule has 1 N–H and O–H groups in total. The van der Waals surface area contributed by atoms with Crippen LogP contribution < -0.4 is 14.8 Å². The number of para-hydroxylation sites is 1. The number of nitrogens with zero attached hydrogens (tertiary/aromatic N) is 1. The zero-order chi connectivity index (χ0) is 23.1. The molecule has 3 aromatic rings. The number of halogens is 1. The average molecular weight is 475 g/mol. The van der Waals surface area contributed by atoms with E-state index in [0.29, 0.717) is 28.8 Å². The number of benzene rings is 2. The standard InChI is InChI=1S/C23H23ClN2O5S/c1-4-30-19-8-6-5-7-17(19)23-25-16(13-32-23)12-21(27)31-14(2)22(28)26-18-11-15(24)9-10-20(18)29-3/h5-11,13-14H,4,12H2,1-3H3,(H,26,28). The highest BCUT2D eigenvalue weighted by atomic mass is 35.5. The van der Waals surface area contributed by atoms with Gasteiger partial charge in [-0.25, -0.2) is 4.98 Å². The summed E-state index contributed by atoms with van der Waals surface area (Å²) in [5.41, 5.74) is 1.82. The van der Waals surface area contributed by atoms with Crippen LogP contribution in [0.2, 0.25) is 5.02 Å². The van der Waals surface area contributed by atoms with Gasteiger partial charge in [0.2, 0.25) is 0 Å². The van der Waals surface area contributed by atoms with Gasteiger partial charge in [-0.2, -0.15) is 0 Å². The predicted octanol–water partition coefficient (Wildman–Crippen LogP) is 4.98. The fourth-order valence-corrected chi connectivity index (χ4v) is 3.91. The third kappa shape index (κ3) is 5.99. The molecule has 2 aromatic carbocycles. The van der Waals surface area contributed by atoms with E-state index in [4.69, 9.17) is 25.8 Å². The van der Waals surface area contributed by atoms with Crippen molar-refractivity contribution >= 4 is 40.5 Å². The Balaban J connectivity index is 1.60. The number of amides is 1. The zero-order valence-electron chi connectivity index (χ0n) is 17.9. The van der Waals surface area contributed by atoms with Crippen molar-refractivity contribution in [1.29, 1.82) is 0 Å². The Morgan fingerprint density at radius 2 is 1.97 bits per heavy atom. The Labute approximate surface area is 195 Å². The van der Waals surface area contributed by atoms with Gasteiger partial charge in [-0.3, -0.25) is 9.59 Å². The van der Waals surface area contributed by atoms with Crippen molar-refractivity contribution in [3.63, 3.8) is 0 Å². The lowest BCUT2D eigenvalue weighted by atomic mass is 10.2. The Kier molecular flexibility index (Phi) is 8.08. The van der Waals surface area contributed by atoms with Gasteiger partial charge >= 0.3 is 5.97 Å². The van der Waals surface area contributed by atoms with Gasteiger partial charge in [0.1, 0.15) is 16.5 Å². The fourth-order valence-electron chi connectivity index (χ4n) is 2.89. The first kappa shape index (κ1) is 23.6. The first-order chi connectivity index (χ1) is 15.4. The zero-order valence-corrected chi connectivity index (χ0v) is 19.5. The van der Waals surface area contributed by atoms with Gasteiger partial charge in [0.25, 0.3) is 5.91 Å². The second-order valence-corrected chi connectivity index (χ2v) is 8.01. The Bertz CT molecular complexity index is 1100. The Hall–Kier alpha value is -3.10. The summed E-state index contributed by atoms with van der Waals surface area (Å²) in [6, 6.07) is 12.4. The second-order valence-electron chi connectivity index (χ2n) is 6.72. The number of aromatic nitrogens is 1. The number of hydrogen-bond donors (Lipinski definition) is 1. The lowest BCUT2D eigenvalue weighted by Gasteiger charge is -2.15. The van der Waals surface area contributed by atoms with E-state index in [1.54, 1.807) is 23.6 Å². The van der Waals surface area contributed by atoms with Crippen molar-refractivity contribution in [2.75, 3.05) is 19.0 Å². The lowest BCUT2D eigenvalue weighted by molar-refractivity contribution is -0.152. The summed E-state index contributed by atoms with van der Waals surface area (Å²) in [5.74, 6) is 0.132. The number of carbonyl (C=O) groups excluding carboxylic acids is 2. The van der Waals surface area contributed by atoms with Crippen LogP contribution in [0.15, 0.2) is 47.8 Å². The molecule has 7 nitrogen and oxygen atoms in total. The monoisotopic (exact) mass is 474 g/mol. The van der Waals surface area contributed by atoms with Gasteiger partial charge in [-0.1, -0.05) is 23.7 Å². The summed E-state index contributed by atoms with van der Waals surface area (Å²) < 4.78 is 16.1. The summed E-state index contributed by atoms with van der Waals surface area (Å²) in [5, 5.41) is 5.64. The molecule has 0 spiro atoms. The fraction of sp³-hybridized carbons (Fsp3) is 0.261. The number of methoxy groups -OCH3 is 1. The molecule has 168 valence electrons. The van der Waals surface area contributed by atoms with E-state index in [0.717, 1.165) is 16.3 Å². The quantitative estimate of drug-likeness (QED) is 0.440. The molecule has 0 radical (unpaired) electrons. The molecule has 32 heavy (non-hydrogen) atoms. The van der Waals surface area contributed by atoms with Gasteiger partial charge in [0.15, 0.2) is 6.10 Å². The van der Waals surface area contributed by atoms with E-state index in [-0.39, 0.29) is 6.42 Å². The van der Waals surface area contributed by atoms with Crippen molar-refractivity contribution in [3.05, 3.63) is 58.6 Å². The molecular weight excluding hydrogens is 452 g/mol. The van der Waals surface area contributed by atoms with Crippen LogP contribution in [0.3, 0.4) is 0 Å². The van der Waals surface area contributed by atoms with Crippen LogP contribution in [0.5, 0.6) is 11.5 Å². The van der Waals surface area contributed by atoms with Gasteiger partial charge in [0.05, 0.1) is 37.1 Å². The largest absolute Gasteiger partial charge is 0.495 e. The molecule has 1 heterocycles. The molecule has 0 aliphatic rings. The summed E-state index contributed by atoms with van der Waals surface area (Å²) in [7, 11) is 1.48. The van der Waals surface area contributed by atoms with Crippen LogP contribution in [0.4, 0.5) is 5.69 Å². The van der Waals surface area contributed by atoms with Gasteiger partial charge in [0, 0.05) is 10.4 Å². The molecule has 1 atom stereocenters. The molecule has 9 heteroatoms. The highest BCUT2D eigenvalue weighted by Gasteiger charge is 2.21. The molecule has 1 aromatic heterocycles.